The van der Waals surface area contributed by atoms with Gasteiger partial charge < -0.3 is 9.30 Å². The van der Waals surface area contributed by atoms with Gasteiger partial charge >= 0.3 is 0 Å². The number of rotatable bonds is 4. The van der Waals surface area contributed by atoms with Gasteiger partial charge in [0.25, 0.3) is 0 Å². The van der Waals surface area contributed by atoms with Gasteiger partial charge in [-0.1, -0.05) is 6.07 Å². The zero-order chi connectivity index (χ0) is 13.8. The van der Waals surface area contributed by atoms with Crippen LogP contribution in [0.5, 0.6) is 5.75 Å². The lowest BCUT2D eigenvalue weighted by Crippen LogP contribution is -2.07. The van der Waals surface area contributed by atoms with Crippen LogP contribution in [0.2, 0.25) is 0 Å². The standard InChI is InChI=1S/C15H17N3O/c1-11(2)18-10-17-8-14(18)9-19-15-6-13(7-16)5-4-12(15)3/h4-6,8,10-11H,9H2,1-3H3. The van der Waals surface area contributed by atoms with Gasteiger partial charge in [-0.15, -0.1) is 0 Å². The van der Waals surface area contributed by atoms with Crippen molar-refractivity contribution in [2.24, 2.45) is 0 Å². The minimum absolute atomic E-state index is 0.354. The average Bonchev–Trinajstić information content (AvgIpc) is 2.86. The fourth-order valence-electron chi connectivity index (χ4n) is 1.89. The van der Waals surface area contributed by atoms with Crippen LogP contribution in [0.3, 0.4) is 0 Å². The molecule has 19 heavy (non-hydrogen) atoms. The van der Waals surface area contributed by atoms with E-state index in [-0.39, 0.29) is 0 Å². The SMILES string of the molecule is Cc1ccc(C#N)cc1OCc1cncn1C(C)C. The van der Waals surface area contributed by atoms with E-state index in [4.69, 9.17) is 10.00 Å². The van der Waals surface area contributed by atoms with Crippen LogP contribution in [-0.4, -0.2) is 9.55 Å². The highest BCUT2D eigenvalue weighted by Gasteiger charge is 2.07. The summed E-state index contributed by atoms with van der Waals surface area (Å²) in [5.41, 5.74) is 2.66. The molecule has 0 bridgehead atoms. The topological polar surface area (TPSA) is 50.8 Å². The van der Waals surface area contributed by atoms with Crippen molar-refractivity contribution in [1.29, 1.82) is 5.26 Å². The summed E-state index contributed by atoms with van der Waals surface area (Å²) < 4.78 is 7.88. The molecule has 0 radical (unpaired) electrons. The largest absolute Gasteiger partial charge is 0.487 e. The number of aryl methyl sites for hydroxylation is 1. The number of imidazole rings is 1. The molecule has 2 aromatic rings. The Kier molecular flexibility index (Phi) is 3.86. The Bertz CT molecular complexity index is 608. The molecule has 4 nitrogen and oxygen atoms in total. The number of nitriles is 1. The van der Waals surface area contributed by atoms with Crippen molar-refractivity contribution in [3.05, 3.63) is 47.5 Å². The quantitative estimate of drug-likeness (QED) is 0.842. The number of benzene rings is 1. The molecule has 1 aromatic carbocycles. The Balaban J connectivity index is 2.15. The van der Waals surface area contributed by atoms with E-state index in [1.807, 2.05) is 25.5 Å². The number of nitrogens with zero attached hydrogens (tertiary/aromatic N) is 3. The van der Waals surface area contributed by atoms with Crippen molar-refractivity contribution in [3.63, 3.8) is 0 Å². The smallest absolute Gasteiger partial charge is 0.130 e. The van der Waals surface area contributed by atoms with Crippen LogP contribution in [0.4, 0.5) is 0 Å². The summed E-state index contributed by atoms with van der Waals surface area (Å²) in [6.45, 7) is 6.63. The maximum atomic E-state index is 8.90. The molecule has 0 aliphatic carbocycles. The Labute approximate surface area is 113 Å². The fourth-order valence-corrected chi connectivity index (χ4v) is 1.89. The van der Waals surface area contributed by atoms with Crippen molar-refractivity contribution in [2.75, 3.05) is 0 Å². The average molecular weight is 255 g/mol. The maximum Gasteiger partial charge on any atom is 0.130 e. The van der Waals surface area contributed by atoms with E-state index >= 15 is 0 Å². The van der Waals surface area contributed by atoms with E-state index in [0.717, 1.165) is 17.0 Å². The van der Waals surface area contributed by atoms with Crippen LogP contribution < -0.4 is 4.74 Å². The molecule has 4 heteroatoms. The highest BCUT2D eigenvalue weighted by Crippen LogP contribution is 2.21. The number of hydrogen-bond acceptors (Lipinski definition) is 3. The molecule has 0 aliphatic heterocycles. The van der Waals surface area contributed by atoms with Crippen LogP contribution in [0, 0.1) is 18.3 Å². The Morgan fingerprint density at radius 3 is 2.89 bits per heavy atom. The zero-order valence-electron chi connectivity index (χ0n) is 11.4. The number of aromatic nitrogens is 2. The van der Waals surface area contributed by atoms with Crippen LogP contribution >= 0.6 is 0 Å². The number of ether oxygens (including phenoxy) is 1. The van der Waals surface area contributed by atoms with E-state index in [0.29, 0.717) is 18.2 Å². The zero-order valence-corrected chi connectivity index (χ0v) is 11.4. The second kappa shape index (κ2) is 5.57. The Morgan fingerprint density at radius 2 is 2.21 bits per heavy atom. The second-order valence-corrected chi connectivity index (χ2v) is 4.77. The second-order valence-electron chi connectivity index (χ2n) is 4.77. The first-order valence-electron chi connectivity index (χ1n) is 6.26. The predicted octanol–water partition coefficient (Wildman–Crippen LogP) is 3.22. The van der Waals surface area contributed by atoms with Crippen molar-refractivity contribution in [2.45, 2.75) is 33.4 Å². The van der Waals surface area contributed by atoms with Gasteiger partial charge in [-0.3, -0.25) is 0 Å². The van der Waals surface area contributed by atoms with E-state index < -0.39 is 0 Å². The third-order valence-electron chi connectivity index (χ3n) is 3.00. The lowest BCUT2D eigenvalue weighted by molar-refractivity contribution is 0.290. The van der Waals surface area contributed by atoms with E-state index in [1.54, 1.807) is 12.1 Å². The van der Waals surface area contributed by atoms with Crippen LogP contribution in [-0.2, 0) is 6.61 Å². The van der Waals surface area contributed by atoms with E-state index in [9.17, 15) is 0 Å². The van der Waals surface area contributed by atoms with Crippen molar-refractivity contribution in [1.82, 2.24) is 9.55 Å². The molecular weight excluding hydrogens is 238 g/mol. The van der Waals surface area contributed by atoms with Gasteiger partial charge in [0.1, 0.15) is 12.4 Å². The first kappa shape index (κ1) is 13.2. The molecule has 1 heterocycles. The molecule has 0 unspecified atom stereocenters. The summed E-state index contributed by atoms with van der Waals surface area (Å²) in [5, 5.41) is 8.90. The molecule has 98 valence electrons. The van der Waals surface area contributed by atoms with Gasteiger partial charge in [0.15, 0.2) is 0 Å². The van der Waals surface area contributed by atoms with E-state index in [2.05, 4.69) is 29.5 Å². The fraction of sp³-hybridized carbons (Fsp3) is 0.333. The summed E-state index contributed by atoms with van der Waals surface area (Å²) in [6, 6.07) is 7.93. The van der Waals surface area contributed by atoms with Gasteiger partial charge in [-0.2, -0.15) is 5.26 Å². The van der Waals surface area contributed by atoms with Crippen LogP contribution in [0.1, 0.15) is 36.7 Å². The lowest BCUT2D eigenvalue weighted by Gasteiger charge is -2.13. The Hall–Kier alpha value is -2.28. The van der Waals surface area contributed by atoms with Crippen LogP contribution in [0.15, 0.2) is 30.7 Å². The predicted molar refractivity (Wildman–Crippen MR) is 72.8 cm³/mol. The third-order valence-corrected chi connectivity index (χ3v) is 3.00. The molecule has 0 atom stereocenters. The Morgan fingerprint density at radius 1 is 1.42 bits per heavy atom. The summed E-state index contributed by atoms with van der Waals surface area (Å²) in [7, 11) is 0. The molecule has 0 amide bonds. The number of hydrogen-bond donors (Lipinski definition) is 0. The molecular formula is C15H17N3O. The molecule has 2 rings (SSSR count). The first-order chi connectivity index (χ1) is 9.11. The van der Waals surface area contributed by atoms with E-state index in [1.165, 1.54) is 0 Å². The lowest BCUT2D eigenvalue weighted by atomic mass is 10.1. The highest BCUT2D eigenvalue weighted by molar-refractivity contribution is 5.41. The first-order valence-corrected chi connectivity index (χ1v) is 6.26. The molecule has 0 aliphatic rings. The van der Waals surface area contributed by atoms with Gasteiger partial charge in [-0.05, 0) is 38.5 Å². The van der Waals surface area contributed by atoms with Gasteiger partial charge in [-0.25, -0.2) is 4.98 Å². The van der Waals surface area contributed by atoms with Gasteiger partial charge in [0.2, 0.25) is 0 Å². The molecule has 0 fully saturated rings. The van der Waals surface area contributed by atoms with Crippen molar-refractivity contribution >= 4 is 0 Å². The molecule has 1 aromatic heterocycles. The summed E-state index contributed by atoms with van der Waals surface area (Å²) in [4.78, 5) is 4.14. The van der Waals surface area contributed by atoms with Gasteiger partial charge in [0.05, 0.1) is 29.9 Å². The normalized spacial score (nSPS) is 10.5. The van der Waals surface area contributed by atoms with Crippen molar-refractivity contribution in [3.8, 4) is 11.8 Å². The minimum atomic E-state index is 0.354. The molecule has 0 spiro atoms. The molecule has 0 saturated heterocycles. The van der Waals surface area contributed by atoms with Gasteiger partial charge in [0, 0.05) is 6.04 Å². The van der Waals surface area contributed by atoms with Crippen LogP contribution in [0.25, 0.3) is 0 Å². The monoisotopic (exact) mass is 255 g/mol. The minimum Gasteiger partial charge on any atom is -0.487 e. The maximum absolute atomic E-state index is 8.90. The summed E-state index contributed by atoms with van der Waals surface area (Å²) in [6.07, 6.45) is 3.62. The molecule has 0 saturated carbocycles. The third kappa shape index (κ3) is 2.94. The highest BCUT2D eigenvalue weighted by atomic mass is 16.5. The summed E-state index contributed by atoms with van der Waals surface area (Å²) >= 11 is 0. The molecule has 0 N–H and O–H groups in total. The van der Waals surface area contributed by atoms with Crippen molar-refractivity contribution < 1.29 is 4.74 Å². The summed E-state index contributed by atoms with van der Waals surface area (Å²) in [5.74, 6) is 0.746.